The van der Waals surface area contributed by atoms with E-state index in [2.05, 4.69) is 15.3 Å². The Morgan fingerprint density at radius 3 is 3.05 bits per heavy atom. The molecule has 0 spiro atoms. The lowest BCUT2D eigenvalue weighted by Crippen LogP contribution is -2.41. The number of rotatable bonds is 3. The van der Waals surface area contributed by atoms with E-state index in [0.717, 1.165) is 16.9 Å². The molecule has 0 unspecified atom stereocenters. The molecule has 112 valence electrons. The molecule has 1 aliphatic rings. The van der Waals surface area contributed by atoms with Crippen LogP contribution in [0.2, 0.25) is 0 Å². The number of β-amino-alcohol motifs (C(OH)–C–C–N with tert-alkyl or cyclic N) is 1. The van der Waals surface area contributed by atoms with Crippen molar-refractivity contribution in [2.45, 2.75) is 32.0 Å². The summed E-state index contributed by atoms with van der Waals surface area (Å²) >= 11 is 0. The van der Waals surface area contributed by atoms with Crippen molar-refractivity contribution in [3.05, 3.63) is 29.6 Å². The Morgan fingerprint density at radius 1 is 1.52 bits per heavy atom. The van der Waals surface area contributed by atoms with E-state index in [1.54, 1.807) is 11.9 Å². The zero-order valence-electron chi connectivity index (χ0n) is 12.3. The van der Waals surface area contributed by atoms with Gasteiger partial charge in [-0.15, -0.1) is 0 Å². The van der Waals surface area contributed by atoms with Crippen LogP contribution in [-0.2, 0) is 11.3 Å². The number of imidazole rings is 1. The minimum absolute atomic E-state index is 0.0109. The minimum Gasteiger partial charge on any atom is -0.392 e. The van der Waals surface area contributed by atoms with Gasteiger partial charge in [-0.25, -0.2) is 4.98 Å². The number of fused-ring (bicyclic) bond motifs is 1. The molecule has 1 aliphatic heterocycles. The highest BCUT2D eigenvalue weighted by Gasteiger charge is 2.30. The number of carbonyl (C=O) groups excluding carboxylic acids is 1. The van der Waals surface area contributed by atoms with Crippen LogP contribution in [0.3, 0.4) is 0 Å². The van der Waals surface area contributed by atoms with E-state index in [9.17, 15) is 9.90 Å². The molecule has 0 radical (unpaired) electrons. The topological polar surface area (TPSA) is 81.2 Å². The summed E-state index contributed by atoms with van der Waals surface area (Å²) in [5.74, 6) is 0.758. The van der Waals surface area contributed by atoms with Gasteiger partial charge in [0.05, 0.1) is 29.7 Å². The van der Waals surface area contributed by atoms with Crippen LogP contribution >= 0.6 is 0 Å². The van der Waals surface area contributed by atoms with Crippen LogP contribution in [0.5, 0.6) is 0 Å². The maximum Gasteiger partial charge on any atom is 0.239 e. The Bertz CT molecular complexity index is 667. The lowest BCUT2D eigenvalue weighted by atomic mass is 10.2. The molecular weight excluding hydrogens is 268 g/mol. The Labute approximate surface area is 123 Å². The molecule has 2 heterocycles. The standard InChI is InChI=1S/C15H20N4O2/c1-9-3-4-11-12(5-9)18-14(17-11)8-19(2)15(21)13-6-10(20)7-16-13/h3-5,10,13,16,20H,6-8H2,1-2H3,(H,17,18)/t10-,13-/m1/s1. The van der Waals surface area contributed by atoms with Gasteiger partial charge in [0.1, 0.15) is 5.82 Å². The molecule has 1 aromatic carbocycles. The molecule has 1 saturated heterocycles. The summed E-state index contributed by atoms with van der Waals surface area (Å²) in [7, 11) is 1.76. The van der Waals surface area contributed by atoms with Crippen molar-refractivity contribution >= 4 is 16.9 Å². The number of aryl methyl sites for hydroxylation is 1. The number of nitrogens with zero attached hydrogens (tertiary/aromatic N) is 2. The number of likely N-dealkylation sites (N-methyl/N-ethyl adjacent to an activating group) is 1. The van der Waals surface area contributed by atoms with Crippen molar-refractivity contribution in [2.24, 2.45) is 0 Å². The molecule has 3 N–H and O–H groups in total. The van der Waals surface area contributed by atoms with Crippen molar-refractivity contribution in [1.29, 1.82) is 0 Å². The highest BCUT2D eigenvalue weighted by Crippen LogP contribution is 2.15. The Balaban J connectivity index is 1.70. The number of aromatic amines is 1. The zero-order valence-corrected chi connectivity index (χ0v) is 12.3. The molecule has 2 atom stereocenters. The normalized spacial score (nSPS) is 21.9. The fourth-order valence-electron chi connectivity index (χ4n) is 2.72. The first-order valence-corrected chi connectivity index (χ1v) is 7.14. The summed E-state index contributed by atoms with van der Waals surface area (Å²) in [5.41, 5.74) is 3.07. The first kappa shape index (κ1) is 14.0. The molecule has 1 fully saturated rings. The second kappa shape index (κ2) is 5.46. The van der Waals surface area contributed by atoms with Gasteiger partial charge in [0.15, 0.2) is 0 Å². The molecule has 2 aromatic rings. The molecule has 1 amide bonds. The van der Waals surface area contributed by atoms with Gasteiger partial charge in [-0.2, -0.15) is 0 Å². The number of aliphatic hydroxyl groups is 1. The lowest BCUT2D eigenvalue weighted by molar-refractivity contribution is -0.132. The Hall–Kier alpha value is -1.92. The van der Waals surface area contributed by atoms with Gasteiger partial charge in [-0.05, 0) is 31.0 Å². The highest BCUT2D eigenvalue weighted by molar-refractivity contribution is 5.82. The van der Waals surface area contributed by atoms with E-state index in [1.807, 2.05) is 25.1 Å². The molecule has 3 rings (SSSR count). The molecule has 0 bridgehead atoms. The predicted octanol–water partition coefficient (Wildman–Crippen LogP) is 0.553. The van der Waals surface area contributed by atoms with Gasteiger partial charge in [0.25, 0.3) is 0 Å². The Kier molecular flexibility index (Phi) is 3.65. The maximum atomic E-state index is 12.3. The summed E-state index contributed by atoms with van der Waals surface area (Å²) in [6.45, 7) is 2.95. The van der Waals surface area contributed by atoms with E-state index >= 15 is 0 Å². The van der Waals surface area contributed by atoms with Crippen LogP contribution in [-0.4, -0.2) is 51.6 Å². The van der Waals surface area contributed by atoms with Crippen LogP contribution in [0.25, 0.3) is 11.0 Å². The number of carbonyl (C=O) groups is 1. The van der Waals surface area contributed by atoms with Gasteiger partial charge in [-0.1, -0.05) is 6.07 Å². The van der Waals surface area contributed by atoms with Gasteiger partial charge in [-0.3, -0.25) is 4.79 Å². The molecule has 6 nitrogen and oxygen atoms in total. The van der Waals surface area contributed by atoms with Crippen LogP contribution in [0, 0.1) is 6.92 Å². The van der Waals surface area contributed by atoms with E-state index in [0.29, 0.717) is 19.5 Å². The number of aliphatic hydroxyl groups excluding tert-OH is 1. The van der Waals surface area contributed by atoms with Gasteiger partial charge in [0, 0.05) is 13.6 Å². The van der Waals surface area contributed by atoms with Gasteiger partial charge < -0.3 is 20.3 Å². The van der Waals surface area contributed by atoms with E-state index < -0.39 is 6.10 Å². The smallest absolute Gasteiger partial charge is 0.239 e. The lowest BCUT2D eigenvalue weighted by Gasteiger charge is -2.19. The number of hydrogen-bond donors (Lipinski definition) is 3. The van der Waals surface area contributed by atoms with Crippen molar-refractivity contribution in [3.8, 4) is 0 Å². The largest absolute Gasteiger partial charge is 0.392 e. The monoisotopic (exact) mass is 288 g/mol. The third-order valence-electron chi connectivity index (χ3n) is 3.86. The maximum absolute atomic E-state index is 12.3. The fraction of sp³-hybridized carbons (Fsp3) is 0.467. The Morgan fingerprint density at radius 2 is 2.33 bits per heavy atom. The van der Waals surface area contributed by atoms with Crippen LogP contribution in [0.1, 0.15) is 17.8 Å². The predicted molar refractivity (Wildman–Crippen MR) is 79.7 cm³/mol. The minimum atomic E-state index is -0.429. The van der Waals surface area contributed by atoms with Gasteiger partial charge in [0.2, 0.25) is 5.91 Å². The van der Waals surface area contributed by atoms with Crippen LogP contribution in [0.4, 0.5) is 0 Å². The van der Waals surface area contributed by atoms with E-state index in [-0.39, 0.29) is 11.9 Å². The summed E-state index contributed by atoms with van der Waals surface area (Å²) in [6.07, 6.45) is 0.0456. The summed E-state index contributed by atoms with van der Waals surface area (Å²) in [4.78, 5) is 21.7. The van der Waals surface area contributed by atoms with Crippen molar-refractivity contribution < 1.29 is 9.90 Å². The fourth-order valence-corrected chi connectivity index (χ4v) is 2.72. The van der Waals surface area contributed by atoms with E-state index in [4.69, 9.17) is 0 Å². The molecule has 0 saturated carbocycles. The van der Waals surface area contributed by atoms with Crippen LogP contribution < -0.4 is 5.32 Å². The van der Waals surface area contributed by atoms with Gasteiger partial charge >= 0.3 is 0 Å². The summed E-state index contributed by atoms with van der Waals surface area (Å²) in [6, 6.07) is 5.74. The van der Waals surface area contributed by atoms with Crippen molar-refractivity contribution in [3.63, 3.8) is 0 Å². The molecule has 21 heavy (non-hydrogen) atoms. The average molecular weight is 288 g/mol. The number of benzene rings is 1. The molecule has 6 heteroatoms. The van der Waals surface area contributed by atoms with Crippen LogP contribution in [0.15, 0.2) is 18.2 Å². The third kappa shape index (κ3) is 2.91. The molecule has 0 aliphatic carbocycles. The number of amides is 1. The zero-order chi connectivity index (χ0) is 15.0. The second-order valence-corrected chi connectivity index (χ2v) is 5.75. The number of H-pyrrole nitrogens is 1. The van der Waals surface area contributed by atoms with E-state index in [1.165, 1.54) is 5.56 Å². The number of nitrogens with one attached hydrogen (secondary N) is 2. The second-order valence-electron chi connectivity index (χ2n) is 5.75. The average Bonchev–Trinajstić information content (AvgIpc) is 3.03. The molecular formula is C15H20N4O2. The molecule has 1 aromatic heterocycles. The third-order valence-corrected chi connectivity index (χ3v) is 3.86. The summed E-state index contributed by atoms with van der Waals surface area (Å²) in [5, 5.41) is 12.5. The highest BCUT2D eigenvalue weighted by atomic mass is 16.3. The summed E-state index contributed by atoms with van der Waals surface area (Å²) < 4.78 is 0. The first-order valence-electron chi connectivity index (χ1n) is 7.14. The van der Waals surface area contributed by atoms with Crippen molar-refractivity contribution in [2.75, 3.05) is 13.6 Å². The number of hydrogen-bond acceptors (Lipinski definition) is 4. The first-order chi connectivity index (χ1) is 10.0. The SMILES string of the molecule is Cc1ccc2nc(CN(C)C(=O)[C@H]3C[C@@H](O)CN3)[nH]c2c1. The van der Waals surface area contributed by atoms with Crippen molar-refractivity contribution in [1.82, 2.24) is 20.2 Å². The quantitative estimate of drug-likeness (QED) is 0.770. The number of aromatic nitrogens is 2.